The van der Waals surface area contributed by atoms with E-state index in [2.05, 4.69) is 41.1 Å². The number of allylic oxidation sites excluding steroid dienone is 6. The second-order valence-corrected chi connectivity index (χ2v) is 18.1. The molecule has 18 heteroatoms. The third kappa shape index (κ3) is 4.16. The summed E-state index contributed by atoms with van der Waals surface area (Å²) in [6.07, 6.45) is 10.0. The molecule has 4 N–H and O–H groups in total. The van der Waals surface area contributed by atoms with Gasteiger partial charge in [-0.1, -0.05) is 0 Å². The smallest absolute Gasteiger partial charge is 0.430 e. The Hall–Kier alpha value is -4.94. The topological polar surface area (TPSA) is 179 Å². The summed E-state index contributed by atoms with van der Waals surface area (Å²) in [5.74, 6) is -2.89. The van der Waals surface area contributed by atoms with Gasteiger partial charge in [0, 0.05) is 46.0 Å². The monoisotopic (exact) mass is 860 g/mol. The van der Waals surface area contributed by atoms with Crippen LogP contribution >= 0.6 is 39.5 Å². The molecule has 5 atom stereocenters. The highest BCUT2D eigenvalue weighted by molar-refractivity contribution is 9.12. The van der Waals surface area contributed by atoms with E-state index >= 15 is 0 Å². The number of thioether (sulfide) groups is 2. The molecule has 1 fully saturated rings. The number of alkyl halides is 3. The van der Waals surface area contributed by atoms with E-state index in [1.165, 1.54) is 0 Å². The molecule has 282 valence electrons. The number of phenols is 2. The van der Waals surface area contributed by atoms with Gasteiger partial charge in [-0.3, -0.25) is 24.6 Å². The summed E-state index contributed by atoms with van der Waals surface area (Å²) in [6.45, 7) is 1.24. The maximum atomic E-state index is 14.4. The largest absolute Gasteiger partial charge is 0.542 e. The van der Waals surface area contributed by atoms with Gasteiger partial charge in [-0.2, -0.15) is 13.2 Å². The van der Waals surface area contributed by atoms with Gasteiger partial charge in [-0.15, -0.1) is 23.5 Å². The zero-order chi connectivity index (χ0) is 38.8. The lowest BCUT2D eigenvalue weighted by molar-refractivity contribution is -0.344. The quantitative estimate of drug-likeness (QED) is 0.257. The number of carboxylic acids is 1. The Balaban J connectivity index is 0.000000478. The molecule has 56 heavy (non-hydrogen) atoms. The number of anilines is 2. The zero-order valence-electron chi connectivity index (χ0n) is 28.5. The van der Waals surface area contributed by atoms with Crippen LogP contribution in [0.5, 0.6) is 11.5 Å². The Kier molecular flexibility index (Phi) is 6.82. The minimum absolute atomic E-state index is 0.0326. The number of halogens is 4. The molecule has 2 aromatic rings. The van der Waals surface area contributed by atoms with Gasteiger partial charge in [0.05, 0.1) is 53.5 Å². The summed E-state index contributed by atoms with van der Waals surface area (Å²) in [4.78, 5) is 52.9. The van der Waals surface area contributed by atoms with Crippen LogP contribution in [-0.4, -0.2) is 76.1 Å². The van der Waals surface area contributed by atoms with Gasteiger partial charge in [0.15, 0.2) is 17.3 Å². The molecule has 12 rings (SSSR count). The van der Waals surface area contributed by atoms with Gasteiger partial charge in [-0.25, -0.2) is 4.58 Å². The van der Waals surface area contributed by atoms with Crippen molar-refractivity contribution in [3.8, 4) is 11.5 Å². The number of rotatable bonds is 2. The number of benzene rings is 2. The first-order chi connectivity index (χ1) is 26.7. The fourth-order valence-corrected chi connectivity index (χ4v) is 13.9. The van der Waals surface area contributed by atoms with E-state index in [9.17, 15) is 33.0 Å². The number of aliphatic imine (C=N–C) groups is 2. The number of nitrogens with one attached hydrogen (secondary N) is 2. The van der Waals surface area contributed by atoms with Crippen LogP contribution in [0.3, 0.4) is 0 Å². The maximum Gasteiger partial charge on any atom is 0.430 e. The lowest BCUT2D eigenvalue weighted by Gasteiger charge is -2.49. The summed E-state index contributed by atoms with van der Waals surface area (Å²) in [7, 11) is 0. The number of carboxylic acid groups (broad SMARTS) is 1. The van der Waals surface area contributed by atoms with Crippen LogP contribution in [0, 0.1) is 0 Å². The number of hydrogen-bond donors (Lipinski definition) is 4. The maximum absolute atomic E-state index is 14.4. The molecule has 2 spiro atoms. The molecule has 8 aliphatic heterocycles. The molecule has 8 heterocycles. The van der Waals surface area contributed by atoms with Gasteiger partial charge in [0.25, 0.3) is 0 Å². The number of carbonyl (C=O) groups excluding carboxylic acids is 3. The van der Waals surface area contributed by atoms with E-state index in [1.807, 2.05) is 36.9 Å². The van der Waals surface area contributed by atoms with Crippen LogP contribution in [0.2, 0.25) is 0 Å². The summed E-state index contributed by atoms with van der Waals surface area (Å²) in [5, 5.41) is 42.4. The molecule has 0 unspecified atom stereocenters. The number of carbonyl (C=O) groups is 3. The predicted octanol–water partition coefficient (Wildman–Crippen LogP) is 1.75. The minimum Gasteiger partial charge on any atom is -0.542 e. The summed E-state index contributed by atoms with van der Waals surface area (Å²) < 4.78 is 34.2. The normalized spacial score (nSPS) is 29.5. The molecular weight excluding hydrogens is 837 g/mol. The van der Waals surface area contributed by atoms with Crippen LogP contribution in [0.15, 0.2) is 59.8 Å². The van der Waals surface area contributed by atoms with E-state index in [-0.39, 0.29) is 33.7 Å². The first-order valence-electron chi connectivity index (χ1n) is 17.6. The molecule has 0 amide bonds. The van der Waals surface area contributed by atoms with Crippen molar-refractivity contribution in [2.75, 3.05) is 23.7 Å². The fraction of sp³-hybridized carbons (Fsp3) is 0.289. The molecule has 10 aliphatic rings. The van der Waals surface area contributed by atoms with Crippen molar-refractivity contribution in [2.24, 2.45) is 15.0 Å². The number of ketones is 2. The third-order valence-electron chi connectivity index (χ3n) is 12.1. The standard InChI is InChI=1S/C36H23BrN6O4S2.C2HF3O2/c37-15-9-35(3-5-39-28-23(35)25-21-13(1-4-38-25)11-40-26(21)32(28)46)18(7-16(15)44)49-34-30-17(45)8-19-36(34)10-20(48-19)42-29-24(36)31-22-14(2-6-43(30)31)12-41-27(22)33(29)47;3-2(4,5)1(6)7/h3,5,7-9,11-12,20,30,34H,1-2,4,6,10H2,(H3,38,39,40,41,42,46,47);(H,6,7)/t20-,30+,34-,35+,36+;/m0./s1. The Morgan fingerprint density at radius 3 is 2.52 bits per heavy atom. The van der Waals surface area contributed by atoms with Crippen LogP contribution in [0.1, 0.15) is 30.4 Å². The van der Waals surface area contributed by atoms with Gasteiger partial charge >= 0.3 is 6.18 Å². The molecule has 3 bridgehead atoms. The zero-order valence-corrected chi connectivity index (χ0v) is 31.7. The Morgan fingerprint density at radius 2 is 1.77 bits per heavy atom. The Labute approximate surface area is 329 Å². The first-order valence-corrected chi connectivity index (χ1v) is 20.1. The SMILES string of the molecule is O=C([O-])C(F)(F)F.O=C1C=C(S[C@H]2[C@H]3C(=O)C=C4S[C@H]5C[C@]42c2c(c(O)c4c6c2=[N+]3CCC=6C=N4)N5)[C@@]2(C=CNc3c(O)c4c5c(c32)=NCCC=5C=N4)C=C1Br. The molecule has 2 aliphatic carbocycles. The average Bonchev–Trinajstić information content (AvgIpc) is 3.86. The molecule has 0 aromatic heterocycles. The third-order valence-corrected chi connectivity index (χ3v) is 15.7. The highest BCUT2D eigenvalue weighted by atomic mass is 79.9. The number of phenolic OH excluding ortho intramolecular Hbond substituents is 2. The number of fused-ring (bicyclic) bond motifs is 6. The highest BCUT2D eigenvalue weighted by Gasteiger charge is 2.68. The second-order valence-electron chi connectivity index (χ2n) is 14.8. The average molecular weight is 862 g/mol. The molecule has 0 radical (unpaired) electrons. The van der Waals surface area contributed by atoms with Crippen molar-refractivity contribution in [2.45, 2.75) is 52.9 Å². The molecule has 2 aromatic carbocycles. The minimum atomic E-state index is -5.19. The van der Waals surface area contributed by atoms with Crippen molar-refractivity contribution in [3.63, 3.8) is 0 Å². The number of hydrogen-bond acceptors (Lipinski definition) is 13. The van der Waals surface area contributed by atoms with Gasteiger partial charge < -0.3 is 30.7 Å². The van der Waals surface area contributed by atoms with Gasteiger partial charge in [-0.05, 0) is 70.4 Å². The van der Waals surface area contributed by atoms with Gasteiger partial charge in [0.2, 0.25) is 17.2 Å². The van der Waals surface area contributed by atoms with Crippen LogP contribution in [0.4, 0.5) is 35.9 Å². The van der Waals surface area contributed by atoms with E-state index in [0.717, 1.165) is 72.5 Å². The first kappa shape index (κ1) is 34.3. The summed E-state index contributed by atoms with van der Waals surface area (Å²) >= 11 is 6.84. The van der Waals surface area contributed by atoms with Gasteiger partial charge in [0.1, 0.15) is 23.9 Å². The summed E-state index contributed by atoms with van der Waals surface area (Å²) in [6, 6.07) is -0.486. The number of aromatic hydroxyl groups is 2. The Morgan fingerprint density at radius 1 is 1.05 bits per heavy atom. The van der Waals surface area contributed by atoms with Crippen LogP contribution in [0.25, 0.3) is 11.1 Å². The molecular formula is C38H24BrF3N6O6S2. The summed E-state index contributed by atoms with van der Waals surface area (Å²) in [5.41, 5.74) is 4.73. The number of aliphatic carboxylic acids is 1. The fourth-order valence-electron chi connectivity index (χ4n) is 9.98. The lowest BCUT2D eigenvalue weighted by atomic mass is 9.64. The van der Waals surface area contributed by atoms with Crippen molar-refractivity contribution in [3.05, 3.63) is 77.1 Å². The lowest BCUT2D eigenvalue weighted by Crippen LogP contribution is -2.69. The second kappa shape index (κ2) is 11.1. The van der Waals surface area contributed by atoms with Crippen LogP contribution < -0.4 is 41.5 Å². The van der Waals surface area contributed by atoms with Crippen molar-refractivity contribution >= 4 is 103 Å². The molecule has 0 saturated carbocycles. The number of nitrogens with zero attached hydrogens (tertiary/aromatic N) is 4. The van der Waals surface area contributed by atoms with Crippen molar-refractivity contribution in [1.29, 1.82) is 0 Å². The van der Waals surface area contributed by atoms with Crippen LogP contribution in [-0.2, 0) is 25.2 Å². The molecule has 1 saturated heterocycles. The van der Waals surface area contributed by atoms with Crippen molar-refractivity contribution < 1.29 is 42.9 Å². The van der Waals surface area contributed by atoms with Crippen molar-refractivity contribution in [1.82, 2.24) is 4.58 Å². The van der Waals surface area contributed by atoms with E-state index in [1.54, 1.807) is 29.6 Å². The van der Waals surface area contributed by atoms with E-state index in [4.69, 9.17) is 14.9 Å². The molecule has 12 nitrogen and oxygen atoms in total. The van der Waals surface area contributed by atoms with E-state index in [0.29, 0.717) is 40.3 Å². The highest BCUT2D eigenvalue weighted by Crippen LogP contribution is 2.66. The van der Waals surface area contributed by atoms with E-state index < -0.39 is 29.0 Å². The Bertz CT molecular complexity index is 2880. The predicted molar refractivity (Wildman–Crippen MR) is 205 cm³/mol.